The van der Waals surface area contributed by atoms with Gasteiger partial charge >= 0.3 is 0 Å². The average Bonchev–Trinajstić information content (AvgIpc) is 3.23. The van der Waals surface area contributed by atoms with E-state index in [-0.39, 0.29) is 6.42 Å². The van der Waals surface area contributed by atoms with Crippen LogP contribution in [-0.2, 0) is 10.1 Å². The maximum Gasteiger partial charge on any atom is 0.267 e. The summed E-state index contributed by atoms with van der Waals surface area (Å²) in [6.07, 6.45) is 0.193. The van der Waals surface area contributed by atoms with E-state index in [1.165, 1.54) is 6.92 Å². The Balaban J connectivity index is 1.36. The minimum atomic E-state index is -4.26. The Labute approximate surface area is 332 Å². The van der Waals surface area contributed by atoms with Crippen LogP contribution in [0.4, 0.5) is 45.5 Å². The summed E-state index contributed by atoms with van der Waals surface area (Å²) < 4.78 is 56.4. The molecule has 0 spiro atoms. The zero-order valence-electron chi connectivity index (χ0n) is 31.7. The molecule has 0 aliphatic carbocycles. The largest absolute Gasteiger partial charge is 0.497 e. The minimum Gasteiger partial charge on any atom is -0.497 e. The lowest BCUT2D eigenvalue weighted by molar-refractivity contribution is 0.414. The number of hydrogen-bond donors (Lipinski definition) is 1. The molecule has 7 rings (SSSR count). The van der Waals surface area contributed by atoms with Crippen LogP contribution in [0, 0.1) is 0 Å². The fraction of sp³-hybridized carbons (Fsp3) is 0.182. The molecule has 288 valence electrons. The molecule has 1 heterocycles. The summed E-state index contributed by atoms with van der Waals surface area (Å²) in [6, 6.07) is 44.2. The van der Waals surface area contributed by atoms with Crippen LogP contribution in [0.1, 0.15) is 13.3 Å². The Bertz CT molecular complexity index is 2150. The van der Waals surface area contributed by atoms with Crippen molar-refractivity contribution in [1.29, 1.82) is 0 Å². The van der Waals surface area contributed by atoms with Gasteiger partial charge in [0.15, 0.2) is 0 Å². The van der Waals surface area contributed by atoms with E-state index in [0.717, 1.165) is 78.3 Å². The first-order chi connectivity index (χ1) is 27.1. The van der Waals surface area contributed by atoms with Crippen LogP contribution in [0.3, 0.4) is 0 Å². The second-order valence-electron chi connectivity index (χ2n) is 13.1. The van der Waals surface area contributed by atoms with E-state index >= 15 is 0 Å². The number of anilines is 8. The monoisotopic (exact) mass is 789 g/mol. The van der Waals surface area contributed by atoms with Crippen LogP contribution in [0.5, 0.6) is 23.0 Å². The second-order valence-corrected chi connectivity index (χ2v) is 16.1. The summed E-state index contributed by atoms with van der Waals surface area (Å²) in [7, 11) is 2.32. The quantitative estimate of drug-likeness (QED) is 0.107. The maximum atomic E-state index is 12.3. The molecule has 1 aliphatic heterocycles. The van der Waals surface area contributed by atoms with E-state index in [0.29, 0.717) is 6.54 Å². The van der Waals surface area contributed by atoms with E-state index < -0.39 is 15.4 Å². The second kappa shape index (κ2) is 16.5. The van der Waals surface area contributed by atoms with Gasteiger partial charge in [-0.05, 0) is 147 Å². The van der Waals surface area contributed by atoms with Gasteiger partial charge in [0, 0.05) is 50.5 Å². The van der Waals surface area contributed by atoms with E-state index in [2.05, 4.69) is 51.1 Å². The predicted octanol–water partition coefficient (Wildman–Crippen LogP) is 10.9. The summed E-state index contributed by atoms with van der Waals surface area (Å²) in [6.45, 7) is 1.86. The van der Waals surface area contributed by atoms with Gasteiger partial charge in [0.05, 0.1) is 45.1 Å². The number of nitrogens with zero attached hydrogens (tertiary/aromatic N) is 3. The first-order valence-electron chi connectivity index (χ1n) is 18.0. The molecule has 6 aromatic rings. The van der Waals surface area contributed by atoms with Gasteiger partial charge in [0.25, 0.3) is 10.1 Å². The van der Waals surface area contributed by atoms with Gasteiger partial charge in [-0.2, -0.15) is 8.42 Å². The molecule has 1 unspecified atom stereocenters. The van der Waals surface area contributed by atoms with Crippen LogP contribution in [0.15, 0.2) is 143 Å². The number of ether oxygens (including phenoxy) is 4. The van der Waals surface area contributed by atoms with Gasteiger partial charge in [0.2, 0.25) is 0 Å². The van der Waals surface area contributed by atoms with Crippen molar-refractivity contribution in [2.24, 2.45) is 0 Å². The van der Waals surface area contributed by atoms with Gasteiger partial charge < -0.3 is 33.6 Å². The highest BCUT2D eigenvalue weighted by Gasteiger charge is 2.29. The molecule has 0 fully saturated rings. The smallest absolute Gasteiger partial charge is 0.267 e. The summed E-state index contributed by atoms with van der Waals surface area (Å²) in [5.41, 5.74) is 7.28. The van der Waals surface area contributed by atoms with Crippen LogP contribution in [0.2, 0.25) is 0 Å². The summed E-state index contributed by atoms with van der Waals surface area (Å²) in [5.74, 6) is 2.98. The topological polar surface area (TPSA) is 101 Å². The first-order valence-corrected chi connectivity index (χ1v) is 20.3. The van der Waals surface area contributed by atoms with E-state index in [4.69, 9.17) is 18.9 Å². The third-order valence-corrected chi connectivity index (χ3v) is 12.2. The molecule has 10 nitrogen and oxygen atoms in total. The highest BCUT2D eigenvalue weighted by Crippen LogP contribution is 2.52. The lowest BCUT2D eigenvalue weighted by atomic mass is 10.1. The molecule has 1 N–H and O–H groups in total. The van der Waals surface area contributed by atoms with Gasteiger partial charge in [-0.1, -0.05) is 11.8 Å². The molecule has 56 heavy (non-hydrogen) atoms. The van der Waals surface area contributed by atoms with Crippen LogP contribution >= 0.6 is 11.8 Å². The number of benzene rings is 6. The van der Waals surface area contributed by atoms with Crippen molar-refractivity contribution in [2.75, 3.05) is 49.7 Å². The van der Waals surface area contributed by atoms with Gasteiger partial charge in [-0.15, -0.1) is 0 Å². The van der Waals surface area contributed by atoms with Crippen molar-refractivity contribution >= 4 is 67.4 Å². The van der Waals surface area contributed by atoms with Crippen molar-refractivity contribution in [2.45, 2.75) is 28.4 Å². The van der Waals surface area contributed by atoms with Crippen molar-refractivity contribution in [3.05, 3.63) is 133 Å². The highest BCUT2D eigenvalue weighted by atomic mass is 32.2. The maximum absolute atomic E-state index is 12.3. The van der Waals surface area contributed by atoms with Gasteiger partial charge in [-0.3, -0.25) is 4.55 Å². The molecule has 6 aromatic carbocycles. The molecule has 0 radical (unpaired) electrons. The van der Waals surface area contributed by atoms with Crippen molar-refractivity contribution < 1.29 is 31.9 Å². The highest BCUT2D eigenvalue weighted by molar-refractivity contribution is 7.99. The lowest BCUT2D eigenvalue weighted by Crippen LogP contribution is -2.28. The number of hydrogen-bond acceptors (Lipinski definition) is 10. The van der Waals surface area contributed by atoms with Crippen molar-refractivity contribution in [3.63, 3.8) is 0 Å². The average molecular weight is 790 g/mol. The van der Waals surface area contributed by atoms with Gasteiger partial charge in [0.1, 0.15) is 23.0 Å². The molecule has 0 saturated heterocycles. The third kappa shape index (κ3) is 8.08. The summed E-state index contributed by atoms with van der Waals surface area (Å²) >= 11 is 1.66. The lowest BCUT2D eigenvalue weighted by Gasteiger charge is -2.36. The number of methoxy groups -OCH3 is 4. The summed E-state index contributed by atoms with van der Waals surface area (Å²) in [5, 5.41) is -0.972. The minimum absolute atomic E-state index is 0.193. The van der Waals surface area contributed by atoms with E-state index in [1.807, 2.05) is 97.1 Å². The Morgan fingerprint density at radius 1 is 0.536 bits per heavy atom. The van der Waals surface area contributed by atoms with E-state index in [9.17, 15) is 13.0 Å². The predicted molar refractivity (Wildman–Crippen MR) is 225 cm³/mol. The SMILES string of the molecule is COc1ccc(N(c2ccc(OC)cc2)c2ccc3c(c2)N(CCC(C)S(=O)(=O)O)c2cc(N(c4ccc(OC)cc4)c4ccc(OC)cc4)ccc2S3)cc1. The third-order valence-electron chi connectivity index (χ3n) is 9.79. The Kier molecular flexibility index (Phi) is 11.3. The molecule has 0 saturated carbocycles. The molecular formula is C44H43N3O7S2. The number of fused-ring (bicyclic) bond motifs is 2. The Morgan fingerprint density at radius 3 is 1.12 bits per heavy atom. The zero-order chi connectivity index (χ0) is 39.4. The molecule has 1 aliphatic rings. The standard InChI is InChI=1S/C44H43N3O7S2/c1-30(56(48,49)50)26-27-45-41-28-35(46(31-6-16-37(51-2)17-7-31)32-8-18-38(52-3)19-9-32)14-24-43(41)55-44-25-15-36(29-42(44)45)47(33-10-20-39(53-4)21-11-33)34-12-22-40(54-5)23-13-34/h6-25,28-30H,26-27H2,1-5H3,(H,48,49,50). The van der Waals surface area contributed by atoms with Crippen LogP contribution in [0.25, 0.3) is 0 Å². The van der Waals surface area contributed by atoms with Crippen LogP contribution in [-0.4, -0.2) is 53.2 Å². The van der Waals surface area contributed by atoms with E-state index in [1.54, 1.807) is 40.2 Å². The van der Waals surface area contributed by atoms with Crippen molar-refractivity contribution in [3.8, 4) is 23.0 Å². The molecule has 0 aromatic heterocycles. The zero-order valence-corrected chi connectivity index (χ0v) is 33.4. The van der Waals surface area contributed by atoms with Crippen LogP contribution < -0.4 is 33.6 Å². The molecule has 0 bridgehead atoms. The number of rotatable bonds is 14. The first kappa shape index (κ1) is 38.5. The Hall–Kier alpha value is -5.82. The fourth-order valence-electron chi connectivity index (χ4n) is 6.65. The van der Waals surface area contributed by atoms with Gasteiger partial charge in [-0.25, -0.2) is 0 Å². The normalized spacial score (nSPS) is 12.6. The molecular weight excluding hydrogens is 747 g/mol. The molecule has 1 atom stereocenters. The summed E-state index contributed by atoms with van der Waals surface area (Å²) in [4.78, 5) is 8.50. The molecule has 12 heteroatoms. The fourth-order valence-corrected chi connectivity index (χ4v) is 8.11. The Morgan fingerprint density at radius 2 is 0.839 bits per heavy atom. The van der Waals surface area contributed by atoms with Crippen molar-refractivity contribution in [1.82, 2.24) is 0 Å². The molecule has 0 amide bonds.